The first-order chi connectivity index (χ1) is 10.6. The molecule has 0 amide bonds. The number of rotatable bonds is 4. The van der Waals surface area contributed by atoms with Crippen LogP contribution >= 0.6 is 23.2 Å². The zero-order valence-electron chi connectivity index (χ0n) is 11.7. The van der Waals surface area contributed by atoms with E-state index in [0.717, 1.165) is 25.1 Å². The molecule has 0 aliphatic carbocycles. The van der Waals surface area contributed by atoms with E-state index in [1.807, 2.05) is 6.07 Å². The summed E-state index contributed by atoms with van der Waals surface area (Å²) in [5.41, 5.74) is 0.890. The first kappa shape index (κ1) is 15.5. The molecule has 1 aliphatic rings. The van der Waals surface area contributed by atoms with Crippen molar-refractivity contribution in [3.05, 3.63) is 58.1 Å². The van der Waals surface area contributed by atoms with Crippen molar-refractivity contribution in [3.63, 3.8) is 0 Å². The molecule has 6 heteroatoms. The van der Waals surface area contributed by atoms with Gasteiger partial charge in [0.1, 0.15) is 17.7 Å². The maximum absolute atomic E-state index is 13.2. The lowest BCUT2D eigenvalue weighted by molar-refractivity contribution is 0.144. The van der Waals surface area contributed by atoms with Crippen LogP contribution in [0.15, 0.2) is 36.7 Å². The summed E-state index contributed by atoms with van der Waals surface area (Å²) in [5, 5.41) is 4.13. The Morgan fingerprint density at radius 2 is 2.14 bits per heavy atom. The fourth-order valence-corrected chi connectivity index (χ4v) is 3.06. The Labute approximate surface area is 138 Å². The van der Waals surface area contributed by atoms with Gasteiger partial charge >= 0.3 is 0 Å². The van der Waals surface area contributed by atoms with Gasteiger partial charge in [0.15, 0.2) is 0 Å². The lowest BCUT2D eigenvalue weighted by atomic mass is 9.96. The van der Waals surface area contributed by atoms with Crippen LogP contribution < -0.4 is 10.1 Å². The smallest absolute Gasteiger partial charge is 0.139 e. The molecular weight excluding hydrogens is 326 g/mol. The highest BCUT2D eigenvalue weighted by atomic mass is 35.5. The van der Waals surface area contributed by atoms with Crippen LogP contribution in [0, 0.1) is 11.7 Å². The van der Waals surface area contributed by atoms with Crippen molar-refractivity contribution >= 4 is 23.2 Å². The lowest BCUT2D eigenvalue weighted by Crippen LogP contribution is -2.21. The van der Waals surface area contributed by atoms with Crippen LogP contribution in [-0.2, 0) is 0 Å². The number of hydrogen-bond acceptors (Lipinski definition) is 3. The van der Waals surface area contributed by atoms with Crippen molar-refractivity contribution in [3.8, 4) is 5.75 Å². The standard InChI is InChI=1S/C16H15Cl2FN2O/c17-12-5-11(8-21-9-12)16(10-3-4-20-7-10)22-15-2-1-13(19)6-14(15)18/h1-2,5-6,8-10,16,20H,3-4,7H2/t10-,16+/m0/s1. The van der Waals surface area contributed by atoms with Gasteiger partial charge in [0, 0.05) is 30.4 Å². The molecule has 3 nitrogen and oxygen atoms in total. The van der Waals surface area contributed by atoms with Gasteiger partial charge in [-0.2, -0.15) is 0 Å². The zero-order chi connectivity index (χ0) is 15.5. The first-order valence-electron chi connectivity index (χ1n) is 7.06. The van der Waals surface area contributed by atoms with Crippen molar-refractivity contribution in [2.45, 2.75) is 12.5 Å². The van der Waals surface area contributed by atoms with Crippen molar-refractivity contribution in [1.82, 2.24) is 10.3 Å². The summed E-state index contributed by atoms with van der Waals surface area (Å²) in [5.74, 6) is 0.349. The molecule has 1 saturated heterocycles. The minimum absolute atomic E-state index is 0.232. The predicted molar refractivity (Wildman–Crippen MR) is 85.0 cm³/mol. The van der Waals surface area contributed by atoms with Gasteiger partial charge in [-0.05, 0) is 37.2 Å². The van der Waals surface area contributed by atoms with Crippen molar-refractivity contribution in [2.75, 3.05) is 13.1 Å². The van der Waals surface area contributed by atoms with E-state index in [1.165, 1.54) is 12.1 Å². The average Bonchev–Trinajstić information content (AvgIpc) is 3.00. The van der Waals surface area contributed by atoms with Crippen molar-refractivity contribution in [2.24, 2.45) is 5.92 Å². The molecule has 0 bridgehead atoms. The summed E-state index contributed by atoms with van der Waals surface area (Å²) < 4.78 is 19.3. The van der Waals surface area contributed by atoms with Gasteiger partial charge in [-0.25, -0.2) is 4.39 Å². The van der Waals surface area contributed by atoms with Crippen molar-refractivity contribution in [1.29, 1.82) is 0 Å². The molecule has 2 aromatic rings. The molecule has 3 rings (SSSR count). The molecule has 2 atom stereocenters. The van der Waals surface area contributed by atoms with E-state index >= 15 is 0 Å². The minimum Gasteiger partial charge on any atom is -0.484 e. The molecule has 0 unspecified atom stereocenters. The van der Waals surface area contributed by atoms with Gasteiger partial charge in [-0.3, -0.25) is 4.98 Å². The zero-order valence-corrected chi connectivity index (χ0v) is 13.2. The highest BCUT2D eigenvalue weighted by molar-refractivity contribution is 6.32. The number of benzene rings is 1. The minimum atomic E-state index is -0.388. The van der Waals surface area contributed by atoms with Crippen LogP contribution in [0.5, 0.6) is 5.75 Å². The molecular formula is C16H15Cl2FN2O. The monoisotopic (exact) mass is 340 g/mol. The SMILES string of the molecule is Fc1ccc(O[C@@H](c2cncc(Cl)c2)[C@H]2CCNC2)c(Cl)c1. The van der Waals surface area contributed by atoms with E-state index in [0.29, 0.717) is 10.8 Å². The van der Waals surface area contributed by atoms with Crippen LogP contribution in [0.1, 0.15) is 18.1 Å². The van der Waals surface area contributed by atoms with E-state index in [1.54, 1.807) is 18.5 Å². The first-order valence-corrected chi connectivity index (χ1v) is 7.82. The third-order valence-electron chi connectivity index (χ3n) is 3.73. The molecule has 1 fully saturated rings. The molecule has 22 heavy (non-hydrogen) atoms. The summed E-state index contributed by atoms with van der Waals surface area (Å²) in [6.45, 7) is 1.78. The number of halogens is 3. The highest BCUT2D eigenvalue weighted by Gasteiger charge is 2.29. The number of nitrogens with one attached hydrogen (secondary N) is 1. The Bertz CT molecular complexity index is 662. The van der Waals surface area contributed by atoms with Gasteiger partial charge < -0.3 is 10.1 Å². The second-order valence-corrected chi connectivity index (χ2v) is 6.15. The Hall–Kier alpha value is -1.36. The van der Waals surface area contributed by atoms with Gasteiger partial charge in [0.25, 0.3) is 0 Å². The third kappa shape index (κ3) is 3.51. The molecule has 1 N–H and O–H groups in total. The van der Waals surface area contributed by atoms with E-state index in [9.17, 15) is 4.39 Å². The number of pyridine rings is 1. The summed E-state index contributed by atoms with van der Waals surface area (Å²) in [7, 11) is 0. The summed E-state index contributed by atoms with van der Waals surface area (Å²) in [6, 6.07) is 5.97. The van der Waals surface area contributed by atoms with Crippen LogP contribution in [0.2, 0.25) is 10.0 Å². The Kier molecular flexibility index (Phi) is 4.81. The van der Waals surface area contributed by atoms with Crippen molar-refractivity contribution < 1.29 is 9.13 Å². The Morgan fingerprint density at radius 3 is 2.82 bits per heavy atom. The topological polar surface area (TPSA) is 34.1 Å². The summed E-state index contributed by atoms with van der Waals surface area (Å²) >= 11 is 12.1. The third-order valence-corrected chi connectivity index (χ3v) is 4.23. The highest BCUT2D eigenvalue weighted by Crippen LogP contribution is 2.35. The van der Waals surface area contributed by atoms with E-state index < -0.39 is 0 Å². The molecule has 0 spiro atoms. The van der Waals surface area contributed by atoms with Crippen LogP contribution in [0.3, 0.4) is 0 Å². The number of hydrogen-bond donors (Lipinski definition) is 1. The van der Waals surface area contributed by atoms with E-state index in [2.05, 4.69) is 10.3 Å². The quantitative estimate of drug-likeness (QED) is 0.902. The van der Waals surface area contributed by atoms with E-state index in [4.69, 9.17) is 27.9 Å². The van der Waals surface area contributed by atoms with Gasteiger partial charge in [0.05, 0.1) is 10.0 Å². The van der Waals surface area contributed by atoms with Gasteiger partial charge in [0.2, 0.25) is 0 Å². The Morgan fingerprint density at radius 1 is 1.27 bits per heavy atom. The fourth-order valence-electron chi connectivity index (χ4n) is 2.66. The average molecular weight is 341 g/mol. The fraction of sp³-hybridized carbons (Fsp3) is 0.312. The van der Waals surface area contributed by atoms with Crippen LogP contribution in [-0.4, -0.2) is 18.1 Å². The largest absolute Gasteiger partial charge is 0.484 e. The normalized spacial score (nSPS) is 19.1. The molecule has 1 aromatic heterocycles. The lowest BCUT2D eigenvalue weighted by Gasteiger charge is -2.25. The Balaban J connectivity index is 1.91. The maximum Gasteiger partial charge on any atom is 0.139 e. The predicted octanol–water partition coefficient (Wildman–Crippen LogP) is 4.26. The second-order valence-electron chi connectivity index (χ2n) is 5.30. The number of ether oxygens (including phenoxy) is 1. The van der Waals surface area contributed by atoms with Crippen LogP contribution in [0.4, 0.5) is 4.39 Å². The second kappa shape index (κ2) is 6.82. The molecule has 116 valence electrons. The summed E-state index contributed by atoms with van der Waals surface area (Å²) in [6.07, 6.45) is 4.08. The molecule has 1 aromatic carbocycles. The number of nitrogens with zero attached hydrogens (tertiary/aromatic N) is 1. The van der Waals surface area contributed by atoms with Crippen LogP contribution in [0.25, 0.3) is 0 Å². The van der Waals surface area contributed by atoms with E-state index in [-0.39, 0.29) is 22.9 Å². The molecule has 1 aliphatic heterocycles. The molecule has 2 heterocycles. The van der Waals surface area contributed by atoms with Gasteiger partial charge in [-0.15, -0.1) is 0 Å². The molecule has 0 saturated carbocycles. The number of aromatic nitrogens is 1. The maximum atomic E-state index is 13.2. The van der Waals surface area contributed by atoms with Gasteiger partial charge in [-0.1, -0.05) is 23.2 Å². The summed E-state index contributed by atoms with van der Waals surface area (Å²) in [4.78, 5) is 4.13. The molecule has 0 radical (unpaired) electrons.